The van der Waals surface area contributed by atoms with Crippen molar-refractivity contribution in [3.8, 4) is 5.75 Å². The van der Waals surface area contributed by atoms with Crippen molar-refractivity contribution in [2.24, 2.45) is 5.92 Å². The van der Waals surface area contributed by atoms with Gasteiger partial charge in [-0.2, -0.15) is 0 Å². The summed E-state index contributed by atoms with van der Waals surface area (Å²) >= 11 is 0. The van der Waals surface area contributed by atoms with Crippen LogP contribution in [-0.2, 0) is 4.79 Å². The molecule has 1 saturated heterocycles. The van der Waals surface area contributed by atoms with Crippen molar-refractivity contribution in [1.29, 1.82) is 0 Å². The van der Waals surface area contributed by atoms with Gasteiger partial charge in [0.15, 0.2) is 0 Å². The smallest absolute Gasteiger partial charge is 0.220 e. The predicted molar refractivity (Wildman–Crippen MR) is 116 cm³/mol. The summed E-state index contributed by atoms with van der Waals surface area (Å²) in [5.41, 5.74) is 1.18. The Kier molecular flexibility index (Phi) is 13.5. The van der Waals surface area contributed by atoms with Crippen LogP contribution in [0.5, 0.6) is 5.75 Å². The molecule has 0 radical (unpaired) electrons. The monoisotopic (exact) mass is 419 g/mol. The van der Waals surface area contributed by atoms with Crippen molar-refractivity contribution in [2.45, 2.75) is 39.2 Å². The van der Waals surface area contributed by atoms with Crippen LogP contribution in [0.4, 0.5) is 0 Å². The molecule has 0 spiro atoms. The van der Waals surface area contributed by atoms with Gasteiger partial charge in [0.25, 0.3) is 0 Å². The number of ether oxygens (including phenoxy) is 1. The fourth-order valence-electron chi connectivity index (χ4n) is 3.57. The molecule has 2 unspecified atom stereocenters. The summed E-state index contributed by atoms with van der Waals surface area (Å²) < 4.78 is 5.36. The first-order chi connectivity index (χ1) is 12.2. The lowest BCUT2D eigenvalue weighted by Crippen LogP contribution is -2.38. The Balaban J connectivity index is 0.00000338. The minimum atomic E-state index is 0. The zero-order valence-electron chi connectivity index (χ0n) is 16.7. The van der Waals surface area contributed by atoms with E-state index in [0.717, 1.165) is 38.3 Å². The van der Waals surface area contributed by atoms with E-state index in [1.807, 2.05) is 12.1 Å². The average Bonchev–Trinajstić information content (AvgIpc) is 3.17. The van der Waals surface area contributed by atoms with E-state index in [1.54, 1.807) is 7.11 Å². The standard InChI is InChI=1S/C20H33N3O2.2ClH/c1-4-23(5-2)19(17-7-6-8-18(13-17)25-3)15-22-20(24)10-9-16-11-12-21-14-16;;/h6-8,13,16,19,21H,4-5,9-12,14-15H2,1-3H3,(H,22,24);2*1H. The van der Waals surface area contributed by atoms with Gasteiger partial charge in [0.2, 0.25) is 5.91 Å². The van der Waals surface area contributed by atoms with Crippen molar-refractivity contribution in [1.82, 2.24) is 15.5 Å². The number of benzene rings is 1. The van der Waals surface area contributed by atoms with Crippen LogP contribution in [0, 0.1) is 5.92 Å². The lowest BCUT2D eigenvalue weighted by Gasteiger charge is -2.30. The Hall–Kier alpha value is -1.01. The third-order valence-electron chi connectivity index (χ3n) is 5.17. The average molecular weight is 420 g/mol. The van der Waals surface area contributed by atoms with Crippen LogP contribution in [0.1, 0.15) is 44.7 Å². The fraction of sp³-hybridized carbons (Fsp3) is 0.650. The SMILES string of the molecule is CCN(CC)C(CNC(=O)CCC1CCNC1)c1cccc(OC)c1.Cl.Cl. The van der Waals surface area contributed by atoms with Gasteiger partial charge >= 0.3 is 0 Å². The minimum absolute atomic E-state index is 0. The van der Waals surface area contributed by atoms with Crippen molar-refractivity contribution < 1.29 is 9.53 Å². The van der Waals surface area contributed by atoms with E-state index >= 15 is 0 Å². The highest BCUT2D eigenvalue weighted by Crippen LogP contribution is 2.24. The zero-order chi connectivity index (χ0) is 18.1. The molecule has 7 heteroatoms. The highest BCUT2D eigenvalue weighted by atomic mass is 35.5. The number of carbonyl (C=O) groups excluding carboxylic acids is 1. The zero-order valence-corrected chi connectivity index (χ0v) is 18.3. The van der Waals surface area contributed by atoms with Crippen LogP contribution in [0.15, 0.2) is 24.3 Å². The van der Waals surface area contributed by atoms with Crippen LogP contribution in [0.25, 0.3) is 0 Å². The van der Waals surface area contributed by atoms with Gasteiger partial charge in [-0.15, -0.1) is 24.8 Å². The molecule has 1 aliphatic rings. The molecule has 1 aliphatic heterocycles. The van der Waals surface area contributed by atoms with E-state index in [4.69, 9.17) is 4.74 Å². The van der Waals surface area contributed by atoms with E-state index in [2.05, 4.69) is 41.5 Å². The lowest BCUT2D eigenvalue weighted by molar-refractivity contribution is -0.121. The third kappa shape index (κ3) is 8.26. The van der Waals surface area contributed by atoms with Crippen LogP contribution in [0.2, 0.25) is 0 Å². The molecule has 5 nitrogen and oxygen atoms in total. The summed E-state index contributed by atoms with van der Waals surface area (Å²) in [6, 6.07) is 8.32. The number of methoxy groups -OCH3 is 1. The van der Waals surface area contributed by atoms with Crippen LogP contribution >= 0.6 is 24.8 Å². The van der Waals surface area contributed by atoms with Crippen LogP contribution in [0.3, 0.4) is 0 Å². The van der Waals surface area contributed by atoms with Gasteiger partial charge < -0.3 is 15.4 Å². The quantitative estimate of drug-likeness (QED) is 0.609. The number of rotatable bonds is 10. The first-order valence-corrected chi connectivity index (χ1v) is 9.53. The maximum atomic E-state index is 12.3. The first-order valence-electron chi connectivity index (χ1n) is 9.53. The van der Waals surface area contributed by atoms with Crippen molar-refractivity contribution >= 4 is 30.7 Å². The third-order valence-corrected chi connectivity index (χ3v) is 5.17. The molecular weight excluding hydrogens is 385 g/mol. The molecule has 156 valence electrons. The molecule has 27 heavy (non-hydrogen) atoms. The van der Waals surface area contributed by atoms with E-state index in [1.165, 1.54) is 12.0 Å². The van der Waals surface area contributed by atoms with E-state index in [0.29, 0.717) is 18.9 Å². The van der Waals surface area contributed by atoms with Crippen molar-refractivity contribution in [3.63, 3.8) is 0 Å². The molecule has 0 aromatic heterocycles. The molecule has 1 aromatic rings. The number of halogens is 2. The van der Waals surface area contributed by atoms with E-state index < -0.39 is 0 Å². The van der Waals surface area contributed by atoms with Gasteiger partial charge in [0.05, 0.1) is 13.2 Å². The van der Waals surface area contributed by atoms with Gasteiger partial charge in [0, 0.05) is 13.0 Å². The number of hydrogen-bond acceptors (Lipinski definition) is 4. The van der Waals surface area contributed by atoms with E-state index in [-0.39, 0.29) is 36.8 Å². The summed E-state index contributed by atoms with van der Waals surface area (Å²) in [7, 11) is 1.69. The van der Waals surface area contributed by atoms with Gasteiger partial charge in [-0.25, -0.2) is 0 Å². The second-order valence-electron chi connectivity index (χ2n) is 6.72. The van der Waals surface area contributed by atoms with Crippen molar-refractivity contribution in [2.75, 3.05) is 39.8 Å². The summed E-state index contributed by atoms with van der Waals surface area (Å²) in [6.07, 6.45) is 2.79. The number of carbonyl (C=O) groups is 1. The van der Waals surface area contributed by atoms with E-state index in [9.17, 15) is 4.79 Å². The molecule has 1 aromatic carbocycles. The topological polar surface area (TPSA) is 53.6 Å². The second-order valence-corrected chi connectivity index (χ2v) is 6.72. The Morgan fingerprint density at radius 2 is 2.07 bits per heavy atom. The maximum Gasteiger partial charge on any atom is 0.220 e. The lowest BCUT2D eigenvalue weighted by atomic mass is 10.0. The fourth-order valence-corrected chi connectivity index (χ4v) is 3.57. The number of hydrogen-bond donors (Lipinski definition) is 2. The summed E-state index contributed by atoms with van der Waals surface area (Å²) in [6.45, 7) is 8.99. The Bertz CT molecular complexity index is 536. The highest BCUT2D eigenvalue weighted by Gasteiger charge is 2.20. The number of nitrogens with zero attached hydrogens (tertiary/aromatic N) is 1. The number of amides is 1. The molecule has 1 heterocycles. The molecule has 2 atom stereocenters. The summed E-state index contributed by atoms with van der Waals surface area (Å²) in [4.78, 5) is 14.7. The van der Waals surface area contributed by atoms with Gasteiger partial charge in [-0.05, 0) is 62.6 Å². The highest BCUT2D eigenvalue weighted by molar-refractivity contribution is 5.85. The van der Waals surface area contributed by atoms with Gasteiger partial charge in [-0.3, -0.25) is 9.69 Å². The van der Waals surface area contributed by atoms with Crippen molar-refractivity contribution in [3.05, 3.63) is 29.8 Å². The van der Waals surface area contributed by atoms with Gasteiger partial charge in [-0.1, -0.05) is 26.0 Å². The maximum absolute atomic E-state index is 12.3. The van der Waals surface area contributed by atoms with Crippen LogP contribution < -0.4 is 15.4 Å². The normalized spacial score (nSPS) is 17.0. The second kappa shape index (κ2) is 14.1. The Labute approximate surface area is 176 Å². The van der Waals surface area contributed by atoms with Gasteiger partial charge in [0.1, 0.15) is 5.75 Å². The molecule has 0 saturated carbocycles. The Morgan fingerprint density at radius 3 is 2.67 bits per heavy atom. The summed E-state index contributed by atoms with van der Waals surface area (Å²) in [5.74, 6) is 1.67. The number of likely N-dealkylation sites (N-methyl/N-ethyl adjacent to an activating group) is 1. The predicted octanol–water partition coefficient (Wildman–Crippen LogP) is 3.43. The minimum Gasteiger partial charge on any atom is -0.497 e. The molecule has 2 rings (SSSR count). The molecular formula is C20H35Cl2N3O2. The largest absolute Gasteiger partial charge is 0.497 e. The molecule has 2 N–H and O–H groups in total. The Morgan fingerprint density at radius 1 is 1.33 bits per heavy atom. The summed E-state index contributed by atoms with van der Waals surface area (Å²) in [5, 5.41) is 6.51. The molecule has 1 fully saturated rings. The van der Waals surface area contributed by atoms with Crippen LogP contribution in [-0.4, -0.2) is 50.6 Å². The molecule has 0 bridgehead atoms. The first kappa shape index (κ1) is 26.0. The molecule has 0 aliphatic carbocycles. The molecule has 1 amide bonds. The number of nitrogens with one attached hydrogen (secondary N) is 2.